The molecule has 4 nitrogen and oxygen atoms in total. The molecule has 2 aromatic carbocycles. The normalized spacial score (nSPS) is 11.9. The summed E-state index contributed by atoms with van der Waals surface area (Å²) in [5.41, 5.74) is 1.38. The minimum atomic E-state index is -0.173. The lowest BCUT2D eigenvalue weighted by Gasteiger charge is -2.07. The van der Waals surface area contributed by atoms with E-state index < -0.39 is 0 Å². The number of nitrogens with one attached hydrogen (secondary N) is 1. The quantitative estimate of drug-likeness (QED) is 0.609. The molecule has 0 saturated carbocycles. The molecule has 0 aliphatic carbocycles. The second-order valence-corrected chi connectivity index (χ2v) is 7.25. The largest absolute Gasteiger partial charge is 0.466 e. The second kappa shape index (κ2) is 8.15. The van der Waals surface area contributed by atoms with Crippen LogP contribution < -0.4 is 5.32 Å². The number of fused-ring (bicyclic) bond motifs is 1. The molecule has 0 aliphatic rings. The maximum absolute atomic E-state index is 12.3. The zero-order valence-corrected chi connectivity index (χ0v) is 15.6. The van der Waals surface area contributed by atoms with Gasteiger partial charge in [-0.15, -0.1) is 11.3 Å². The van der Waals surface area contributed by atoms with Crippen LogP contribution in [-0.4, -0.2) is 18.5 Å². The topological polar surface area (TPSA) is 55.4 Å². The molecular formula is C21H21NO3S. The summed E-state index contributed by atoms with van der Waals surface area (Å²) in [4.78, 5) is 25.1. The molecule has 1 amide bonds. The van der Waals surface area contributed by atoms with Crippen molar-refractivity contribution in [1.29, 1.82) is 0 Å². The van der Waals surface area contributed by atoms with Gasteiger partial charge in [0.15, 0.2) is 0 Å². The van der Waals surface area contributed by atoms with Crippen LogP contribution in [-0.2, 0) is 9.53 Å². The maximum atomic E-state index is 12.3. The number of rotatable bonds is 6. The monoisotopic (exact) mass is 367 g/mol. The number of amides is 1. The summed E-state index contributed by atoms with van der Waals surface area (Å²) in [5.74, 6) is -0.196. The Hall–Kier alpha value is -2.66. The van der Waals surface area contributed by atoms with Crippen LogP contribution in [0.2, 0.25) is 0 Å². The Morgan fingerprint density at radius 1 is 1.12 bits per heavy atom. The van der Waals surface area contributed by atoms with Gasteiger partial charge in [-0.1, -0.05) is 25.1 Å². The molecule has 0 fully saturated rings. The predicted molar refractivity (Wildman–Crippen MR) is 106 cm³/mol. The maximum Gasteiger partial charge on any atom is 0.306 e. The van der Waals surface area contributed by atoms with Crippen LogP contribution in [0.25, 0.3) is 10.1 Å². The van der Waals surface area contributed by atoms with Crippen LogP contribution in [0.3, 0.4) is 0 Å². The lowest BCUT2D eigenvalue weighted by Crippen LogP contribution is -2.11. The highest BCUT2D eigenvalue weighted by Crippen LogP contribution is 2.34. The molecule has 134 valence electrons. The van der Waals surface area contributed by atoms with Gasteiger partial charge in [0.25, 0.3) is 5.91 Å². The van der Waals surface area contributed by atoms with E-state index in [2.05, 4.69) is 11.4 Å². The van der Waals surface area contributed by atoms with Crippen molar-refractivity contribution in [2.75, 3.05) is 11.9 Å². The van der Waals surface area contributed by atoms with E-state index in [0.29, 0.717) is 18.6 Å². The van der Waals surface area contributed by atoms with Gasteiger partial charge in [-0.05, 0) is 48.7 Å². The molecule has 1 N–H and O–H groups in total. The minimum absolute atomic E-state index is 0.105. The first-order valence-corrected chi connectivity index (χ1v) is 9.44. The third-order valence-electron chi connectivity index (χ3n) is 4.09. The lowest BCUT2D eigenvalue weighted by atomic mass is 10.1. The number of hydrogen-bond donors (Lipinski definition) is 1. The van der Waals surface area contributed by atoms with E-state index >= 15 is 0 Å². The number of carbonyl (C=O) groups is 2. The number of carbonyl (C=O) groups excluding carboxylic acids is 2. The molecule has 1 aromatic heterocycles. The molecule has 5 heteroatoms. The first kappa shape index (κ1) is 18.1. The molecule has 0 aliphatic heterocycles. The number of thiophene rings is 1. The van der Waals surface area contributed by atoms with Crippen molar-refractivity contribution in [1.82, 2.24) is 0 Å². The van der Waals surface area contributed by atoms with Gasteiger partial charge >= 0.3 is 5.97 Å². The third kappa shape index (κ3) is 4.29. The number of benzene rings is 2. The molecule has 1 heterocycles. The van der Waals surface area contributed by atoms with Gasteiger partial charge in [0.1, 0.15) is 0 Å². The Morgan fingerprint density at radius 3 is 2.62 bits per heavy atom. The van der Waals surface area contributed by atoms with E-state index in [1.165, 1.54) is 0 Å². The van der Waals surface area contributed by atoms with Gasteiger partial charge in [0, 0.05) is 26.7 Å². The summed E-state index contributed by atoms with van der Waals surface area (Å²) in [6.45, 7) is 4.25. The average Bonchev–Trinajstić information content (AvgIpc) is 3.06. The molecule has 0 unspecified atom stereocenters. The van der Waals surface area contributed by atoms with E-state index in [1.807, 2.05) is 50.2 Å². The molecular weight excluding hydrogens is 346 g/mol. The van der Waals surface area contributed by atoms with Gasteiger partial charge in [0.2, 0.25) is 0 Å². The number of ether oxygens (including phenoxy) is 1. The molecule has 3 rings (SSSR count). The van der Waals surface area contributed by atoms with E-state index in [0.717, 1.165) is 20.7 Å². The number of esters is 1. The Balaban J connectivity index is 1.75. The first-order valence-electron chi connectivity index (χ1n) is 8.62. The molecule has 0 saturated heterocycles. The molecule has 26 heavy (non-hydrogen) atoms. The van der Waals surface area contributed by atoms with Crippen molar-refractivity contribution < 1.29 is 14.3 Å². The summed E-state index contributed by atoms with van der Waals surface area (Å²) in [6, 6.07) is 17.1. The van der Waals surface area contributed by atoms with E-state index in [4.69, 9.17) is 4.74 Å². The zero-order chi connectivity index (χ0) is 18.5. The predicted octanol–water partition coefficient (Wildman–Crippen LogP) is 5.21. The van der Waals surface area contributed by atoms with Crippen molar-refractivity contribution in [2.24, 2.45) is 0 Å². The van der Waals surface area contributed by atoms with Crippen LogP contribution in [0.15, 0.2) is 54.6 Å². The first-order chi connectivity index (χ1) is 12.6. The molecule has 3 aromatic rings. The van der Waals surface area contributed by atoms with Crippen molar-refractivity contribution in [2.45, 2.75) is 26.2 Å². The third-order valence-corrected chi connectivity index (χ3v) is 5.44. The summed E-state index contributed by atoms with van der Waals surface area (Å²) in [6.07, 6.45) is 0.373. The summed E-state index contributed by atoms with van der Waals surface area (Å²) < 4.78 is 6.16. The second-order valence-electron chi connectivity index (χ2n) is 6.13. The Kier molecular flexibility index (Phi) is 5.68. The highest BCUT2D eigenvalue weighted by molar-refractivity contribution is 7.19. The smallest absolute Gasteiger partial charge is 0.306 e. The summed E-state index contributed by atoms with van der Waals surface area (Å²) in [5, 5.41) is 3.99. The van der Waals surface area contributed by atoms with Crippen molar-refractivity contribution >= 4 is 39.0 Å². The van der Waals surface area contributed by atoms with E-state index in [-0.39, 0.29) is 17.8 Å². The standard InChI is InChI=1S/C21H21NO3S/c1-3-25-20(23)11-14(2)19-13-16-12-17(9-10-18(16)26-19)22-21(24)15-7-5-4-6-8-15/h4-10,12-14H,3,11H2,1-2H3,(H,22,24)/t14-/m0/s1. The van der Waals surface area contributed by atoms with Crippen LogP contribution in [0.5, 0.6) is 0 Å². The van der Waals surface area contributed by atoms with Crippen LogP contribution in [0.1, 0.15) is 41.4 Å². The highest BCUT2D eigenvalue weighted by atomic mass is 32.1. The Morgan fingerprint density at radius 2 is 1.88 bits per heavy atom. The fraction of sp³-hybridized carbons (Fsp3) is 0.238. The Bertz CT molecular complexity index is 917. The van der Waals surface area contributed by atoms with Crippen molar-refractivity contribution in [3.05, 3.63) is 65.0 Å². The van der Waals surface area contributed by atoms with Gasteiger partial charge in [-0.3, -0.25) is 9.59 Å². The number of anilines is 1. The highest BCUT2D eigenvalue weighted by Gasteiger charge is 2.15. The SMILES string of the molecule is CCOC(=O)C[C@H](C)c1cc2cc(NC(=O)c3ccccc3)ccc2s1. The fourth-order valence-corrected chi connectivity index (χ4v) is 3.84. The van der Waals surface area contributed by atoms with Gasteiger partial charge < -0.3 is 10.1 Å². The minimum Gasteiger partial charge on any atom is -0.466 e. The molecule has 0 spiro atoms. The zero-order valence-electron chi connectivity index (χ0n) is 14.8. The number of hydrogen-bond acceptors (Lipinski definition) is 4. The molecule has 0 bridgehead atoms. The van der Waals surface area contributed by atoms with Gasteiger partial charge in [0.05, 0.1) is 13.0 Å². The van der Waals surface area contributed by atoms with Gasteiger partial charge in [-0.2, -0.15) is 0 Å². The van der Waals surface area contributed by atoms with Crippen LogP contribution in [0.4, 0.5) is 5.69 Å². The molecule has 0 radical (unpaired) electrons. The van der Waals surface area contributed by atoms with Gasteiger partial charge in [-0.25, -0.2) is 0 Å². The summed E-state index contributed by atoms with van der Waals surface area (Å²) in [7, 11) is 0. The lowest BCUT2D eigenvalue weighted by molar-refractivity contribution is -0.143. The van der Waals surface area contributed by atoms with Crippen molar-refractivity contribution in [3.63, 3.8) is 0 Å². The summed E-state index contributed by atoms with van der Waals surface area (Å²) >= 11 is 1.67. The molecule has 1 atom stereocenters. The van der Waals surface area contributed by atoms with E-state index in [1.54, 1.807) is 23.5 Å². The van der Waals surface area contributed by atoms with Crippen molar-refractivity contribution in [3.8, 4) is 0 Å². The fourth-order valence-electron chi connectivity index (χ4n) is 2.75. The van der Waals surface area contributed by atoms with Crippen LogP contribution >= 0.6 is 11.3 Å². The van der Waals surface area contributed by atoms with E-state index in [9.17, 15) is 9.59 Å². The average molecular weight is 367 g/mol. The Labute approximate surface area is 156 Å². The van der Waals surface area contributed by atoms with Crippen LogP contribution in [0, 0.1) is 0 Å².